The van der Waals surface area contributed by atoms with Crippen molar-refractivity contribution in [3.05, 3.63) is 287 Å². The van der Waals surface area contributed by atoms with Crippen LogP contribution in [0.4, 0.5) is 0 Å². The molecule has 3 heteroatoms. The van der Waals surface area contributed by atoms with E-state index in [0.717, 1.165) is 78.2 Å². The predicted molar refractivity (Wildman–Crippen MR) is 475 cm³/mol. The van der Waals surface area contributed by atoms with Gasteiger partial charge in [-0.3, -0.25) is 14.7 Å². The third-order valence-electron chi connectivity index (χ3n) is 19.0. The first-order valence-electron chi connectivity index (χ1n) is 41.2. The Labute approximate surface area is 640 Å². The lowest BCUT2D eigenvalue weighted by Gasteiger charge is -2.19. The van der Waals surface area contributed by atoms with Crippen molar-refractivity contribution in [3.63, 3.8) is 0 Å². The van der Waals surface area contributed by atoms with E-state index in [9.17, 15) is 0 Å². The van der Waals surface area contributed by atoms with Crippen molar-refractivity contribution in [2.24, 2.45) is 0 Å². The summed E-state index contributed by atoms with van der Waals surface area (Å²) in [5.41, 5.74) is 29.1. The minimum Gasteiger partial charge on any atom is -0.300 e. The maximum Gasteiger partial charge on any atom is 0.0233 e. The molecule has 105 heavy (non-hydrogen) atoms. The van der Waals surface area contributed by atoms with Crippen molar-refractivity contribution >= 4 is 32.3 Å². The van der Waals surface area contributed by atoms with Gasteiger partial charge in [-0.25, -0.2) is 0 Å². The molecule has 3 nitrogen and oxygen atoms in total. The van der Waals surface area contributed by atoms with Crippen LogP contribution < -0.4 is 0 Å². The van der Waals surface area contributed by atoms with Gasteiger partial charge in [0, 0.05) is 19.6 Å². The Hall–Kier alpha value is -8.70. The largest absolute Gasteiger partial charge is 0.300 e. The maximum absolute atomic E-state index is 2.48. The van der Waals surface area contributed by atoms with Crippen LogP contribution in [0.3, 0.4) is 0 Å². The molecular weight excluding hydrogens is 1270 g/mol. The molecule has 0 aliphatic heterocycles. The molecule has 12 aromatic carbocycles. The smallest absolute Gasteiger partial charge is 0.0233 e. The molecule has 15 rings (SSSR count). The van der Waals surface area contributed by atoms with E-state index in [1.165, 1.54) is 149 Å². The van der Waals surface area contributed by atoms with Gasteiger partial charge in [-0.15, -0.1) is 0 Å². The van der Waals surface area contributed by atoms with Crippen LogP contribution in [0, 0.1) is 0 Å². The number of fused-ring (bicyclic) bond motifs is 18. The van der Waals surface area contributed by atoms with E-state index in [0.29, 0.717) is 0 Å². The molecule has 0 fully saturated rings. The first kappa shape index (κ1) is 88.7. The number of hydrogen-bond donors (Lipinski definition) is 0. The topological polar surface area (TPSA) is 9.72 Å². The summed E-state index contributed by atoms with van der Waals surface area (Å²) in [5, 5.41) is 7.89. The molecular formula is C102H135N3. The summed E-state index contributed by atoms with van der Waals surface area (Å²) in [7, 11) is 0. The SMILES string of the molecule is CC.CC.CC.CC.CC.CC.CC.CC.CC.CCN(CC)Cc1ccc2c(c1)-c1cc3ccccc3cc1-c1ccccc1C2.CCN(CC)Cc1ccc2c(c1)Cc1ccccc1-c1cc3ccccc3cc1-2.CCN(CC)Cc1ccc2cc3c(cc2c1)-c1ccccc1Cc1ccccc1-3. The standard InChI is InChI=1S/3C28H27N.9C2H6/c1-3-29(4-2)19-20-13-14-21-17-27-25-11-7-5-9-22(25)16-23-10-6-8-12-26(23)28(27)18-24(21)15-20;1-3-29(4-2)19-20-13-14-26-24(15-20)16-23-11-7-8-12-25(23)27-17-21-9-5-6-10-22(21)18-28(26)27;1-3-29(4-2)19-20-13-14-24-16-23-11-7-8-12-25(23)27-17-21-9-5-6-10-22(21)18-28(27)26(24)15-20;9*1-2/h3*5-15,17-18H,3-4,16,19H2,1-2H3;9*1-2H3. The monoisotopic (exact) mass is 1400 g/mol. The fraction of sp³-hybridized carbons (Fsp3) is 0.353. The lowest BCUT2D eigenvalue weighted by molar-refractivity contribution is 0.296. The van der Waals surface area contributed by atoms with E-state index in [-0.39, 0.29) is 0 Å². The van der Waals surface area contributed by atoms with Crippen LogP contribution in [-0.2, 0) is 38.9 Å². The van der Waals surface area contributed by atoms with Crippen molar-refractivity contribution < 1.29 is 0 Å². The summed E-state index contributed by atoms with van der Waals surface area (Å²) in [6.07, 6.45) is 2.97. The van der Waals surface area contributed by atoms with Crippen molar-refractivity contribution in [1.82, 2.24) is 14.7 Å². The van der Waals surface area contributed by atoms with Crippen LogP contribution in [0.2, 0.25) is 0 Å². The molecule has 0 saturated heterocycles. The van der Waals surface area contributed by atoms with Crippen LogP contribution in [0.5, 0.6) is 0 Å². The fourth-order valence-electron chi connectivity index (χ4n) is 14.0. The molecule has 0 saturated carbocycles. The summed E-state index contributed by atoms with van der Waals surface area (Å²) in [6, 6.07) is 88.6. The Morgan fingerprint density at radius 1 is 0.181 bits per heavy atom. The summed E-state index contributed by atoms with van der Waals surface area (Å²) in [5.74, 6) is 0. The van der Waals surface area contributed by atoms with Gasteiger partial charge in [-0.2, -0.15) is 0 Å². The number of hydrogen-bond acceptors (Lipinski definition) is 3. The number of benzene rings is 12. The molecule has 0 heterocycles. The van der Waals surface area contributed by atoms with Crippen molar-refractivity contribution in [1.29, 1.82) is 0 Å². The van der Waals surface area contributed by atoms with Crippen molar-refractivity contribution in [2.75, 3.05) is 39.3 Å². The van der Waals surface area contributed by atoms with Crippen molar-refractivity contribution in [2.45, 2.75) is 205 Å². The minimum absolute atomic E-state index is 0.988. The van der Waals surface area contributed by atoms with E-state index in [1.807, 2.05) is 125 Å². The molecule has 0 bridgehead atoms. The van der Waals surface area contributed by atoms with Gasteiger partial charge in [-0.1, -0.05) is 354 Å². The van der Waals surface area contributed by atoms with Gasteiger partial charge >= 0.3 is 0 Å². The van der Waals surface area contributed by atoms with Gasteiger partial charge in [0.05, 0.1) is 0 Å². The van der Waals surface area contributed by atoms with Crippen LogP contribution in [0.15, 0.2) is 237 Å². The normalized spacial score (nSPS) is 10.8. The summed E-state index contributed by atoms with van der Waals surface area (Å²) >= 11 is 0. The highest BCUT2D eigenvalue weighted by molar-refractivity contribution is 6.01. The second-order valence-electron chi connectivity index (χ2n) is 24.1. The first-order chi connectivity index (χ1) is 51.8. The quantitative estimate of drug-likeness (QED) is 0.121. The highest BCUT2D eigenvalue weighted by atomic mass is 15.1. The third kappa shape index (κ3) is 22.4. The lowest BCUT2D eigenvalue weighted by Crippen LogP contribution is -2.22. The van der Waals surface area contributed by atoms with Crippen LogP contribution in [0.1, 0.15) is 216 Å². The highest BCUT2D eigenvalue weighted by Crippen LogP contribution is 2.46. The van der Waals surface area contributed by atoms with E-state index in [4.69, 9.17) is 0 Å². The molecule has 0 amide bonds. The molecule has 3 aliphatic rings. The first-order valence-corrected chi connectivity index (χ1v) is 41.2. The van der Waals surface area contributed by atoms with E-state index < -0.39 is 0 Å². The highest BCUT2D eigenvalue weighted by Gasteiger charge is 2.24. The third-order valence-corrected chi connectivity index (χ3v) is 19.0. The molecule has 0 spiro atoms. The number of rotatable bonds is 12. The Bertz CT molecular complexity index is 4440. The summed E-state index contributed by atoms with van der Waals surface area (Å²) < 4.78 is 0. The van der Waals surface area contributed by atoms with Crippen molar-refractivity contribution in [3.8, 4) is 66.8 Å². The zero-order valence-corrected chi connectivity index (χ0v) is 69.8. The molecule has 0 aromatic heterocycles. The Morgan fingerprint density at radius 3 is 0.743 bits per heavy atom. The van der Waals surface area contributed by atoms with Gasteiger partial charge < -0.3 is 0 Å². The van der Waals surface area contributed by atoms with Gasteiger partial charge in [0.25, 0.3) is 0 Å². The van der Waals surface area contributed by atoms with E-state index in [2.05, 4.69) is 293 Å². The van der Waals surface area contributed by atoms with Gasteiger partial charge in [0.2, 0.25) is 0 Å². The maximum atomic E-state index is 2.48. The Kier molecular flexibility index (Phi) is 40.9. The second-order valence-corrected chi connectivity index (χ2v) is 24.1. The van der Waals surface area contributed by atoms with Crippen LogP contribution in [-0.4, -0.2) is 54.0 Å². The number of nitrogens with zero attached hydrogens (tertiary/aromatic N) is 3. The Balaban J connectivity index is 0.000000300. The average Bonchev–Trinajstić information content (AvgIpc) is 1.74. The molecule has 3 aliphatic carbocycles. The van der Waals surface area contributed by atoms with E-state index >= 15 is 0 Å². The molecule has 558 valence electrons. The van der Waals surface area contributed by atoms with Crippen LogP contribution >= 0.6 is 0 Å². The van der Waals surface area contributed by atoms with Gasteiger partial charge in [0.15, 0.2) is 0 Å². The average molecular weight is 1400 g/mol. The molecule has 0 N–H and O–H groups in total. The molecule has 0 atom stereocenters. The zero-order chi connectivity index (χ0) is 77.4. The molecule has 0 unspecified atom stereocenters. The lowest BCUT2D eigenvalue weighted by atomic mass is 9.91. The van der Waals surface area contributed by atoms with E-state index in [1.54, 1.807) is 0 Å². The van der Waals surface area contributed by atoms with Gasteiger partial charge in [-0.05, 0) is 256 Å². The minimum atomic E-state index is 0.988. The van der Waals surface area contributed by atoms with Crippen LogP contribution in [0.25, 0.3) is 99.1 Å². The molecule has 0 radical (unpaired) electrons. The fourth-order valence-corrected chi connectivity index (χ4v) is 14.0. The Morgan fingerprint density at radius 2 is 0.410 bits per heavy atom. The zero-order valence-electron chi connectivity index (χ0n) is 69.8. The second kappa shape index (κ2) is 48.4. The molecule has 12 aromatic rings. The predicted octanol–water partition coefficient (Wildman–Crippen LogP) is 30.0. The summed E-state index contributed by atoms with van der Waals surface area (Å²) in [4.78, 5) is 7.43. The summed E-state index contributed by atoms with van der Waals surface area (Å²) in [6.45, 7) is 59.0. The van der Waals surface area contributed by atoms with Gasteiger partial charge in [0.1, 0.15) is 0 Å².